The molecule has 3 aliphatic carbocycles. The van der Waals surface area contributed by atoms with Gasteiger partial charge in [0, 0.05) is 5.41 Å². The van der Waals surface area contributed by atoms with Crippen LogP contribution in [0.25, 0.3) is 16.7 Å². The van der Waals surface area contributed by atoms with Gasteiger partial charge in [-0.25, -0.2) is 0 Å². The summed E-state index contributed by atoms with van der Waals surface area (Å²) in [7, 11) is 2.49. The Labute approximate surface area is 251 Å². The van der Waals surface area contributed by atoms with Crippen molar-refractivity contribution in [2.45, 2.75) is 51.3 Å². The molecule has 1 heteroatoms. The van der Waals surface area contributed by atoms with E-state index in [1.54, 1.807) is 0 Å². The Morgan fingerprint density at radius 1 is 0.762 bits per heavy atom. The Balaban J connectivity index is 1.39. The number of fused-ring (bicyclic) bond motifs is 8. The lowest BCUT2D eigenvalue weighted by Crippen LogP contribution is -2.34. The topological polar surface area (TPSA) is 0 Å². The van der Waals surface area contributed by atoms with Gasteiger partial charge in [-0.1, -0.05) is 133 Å². The van der Waals surface area contributed by atoms with E-state index >= 15 is 0 Å². The number of allylic oxidation sites excluding steroid dienone is 14. The zero-order valence-electron chi connectivity index (χ0n) is 24.7. The average Bonchev–Trinajstić information content (AvgIpc) is 3.33. The van der Waals surface area contributed by atoms with Crippen molar-refractivity contribution in [3.05, 3.63) is 165 Å². The van der Waals surface area contributed by atoms with Gasteiger partial charge < -0.3 is 0 Å². The molecule has 0 saturated carbocycles. The monoisotopic (exact) mass is 539 g/mol. The maximum Gasteiger partial charge on any atom is 0.157 e. The van der Waals surface area contributed by atoms with Crippen LogP contribution in [0.2, 0.25) is 0 Å². The maximum atomic E-state index is 2.49. The van der Waals surface area contributed by atoms with E-state index in [0.717, 1.165) is 32.0 Å². The van der Waals surface area contributed by atoms with Crippen molar-refractivity contribution in [3.8, 4) is 0 Å². The highest BCUT2D eigenvalue weighted by molar-refractivity contribution is 6.55. The fourth-order valence-corrected chi connectivity index (χ4v) is 8.50. The third-order valence-corrected chi connectivity index (χ3v) is 10.5. The van der Waals surface area contributed by atoms with E-state index in [1.165, 1.54) is 72.3 Å². The molecule has 2 atom stereocenters. The van der Waals surface area contributed by atoms with Crippen LogP contribution in [0.15, 0.2) is 126 Å². The Kier molecular flexibility index (Phi) is 6.11. The summed E-state index contributed by atoms with van der Waals surface area (Å²) in [6, 6.07) is 23.0. The van der Waals surface area contributed by atoms with Crippen LogP contribution in [0.5, 0.6) is 0 Å². The van der Waals surface area contributed by atoms with E-state index < -0.39 is 0 Å². The van der Waals surface area contributed by atoms with Crippen LogP contribution in [-0.2, 0) is 24.6 Å². The predicted molar refractivity (Wildman–Crippen MR) is 180 cm³/mol. The molecule has 2 aliphatic heterocycles. The second kappa shape index (κ2) is 10.0. The Morgan fingerprint density at radius 3 is 2.50 bits per heavy atom. The van der Waals surface area contributed by atoms with Crippen molar-refractivity contribution in [1.29, 1.82) is 0 Å². The molecule has 8 rings (SSSR count). The quantitative estimate of drug-likeness (QED) is 0.250. The highest BCUT2D eigenvalue weighted by atomic mass is 14.5. The lowest BCUT2D eigenvalue weighted by molar-refractivity contribution is 0.477. The molecule has 2 unspecified atom stereocenters. The second-order valence-electron chi connectivity index (χ2n) is 12.5. The standard InChI is InChI=1S/C41H36B/c1-27-11-7-15-31-25-32(34-20-10-14-30-24-23-29-13-9-19-33(31)37(29)26-42-40(30)34)16-8-12-28(2)41(27)38-21-5-3-17-35(38)36-18-4-6-22-39(36)41/h3,5-17,19-22,25,27H,4,18,23-24,26H2,1-2H3/b11-7-,16-8-,28-12?,31-15+,32-25-. The van der Waals surface area contributed by atoms with Gasteiger partial charge in [-0.3, -0.25) is 0 Å². The minimum absolute atomic E-state index is 0.179. The van der Waals surface area contributed by atoms with Crippen LogP contribution in [0.3, 0.4) is 0 Å². The molecule has 0 nitrogen and oxygen atoms in total. The molecule has 5 aliphatic rings. The Morgan fingerprint density at radius 2 is 1.57 bits per heavy atom. The highest BCUT2D eigenvalue weighted by Gasteiger charge is 2.48. The molecular formula is C41H36B. The fraction of sp³-hybridized carbons (Fsp3) is 0.220. The highest BCUT2D eigenvalue weighted by Crippen LogP contribution is 2.57. The lowest BCUT2D eigenvalue weighted by Gasteiger charge is -2.39. The molecule has 3 aromatic carbocycles. The van der Waals surface area contributed by atoms with E-state index in [9.17, 15) is 0 Å². The van der Waals surface area contributed by atoms with Crippen molar-refractivity contribution in [1.82, 2.24) is 0 Å². The largest absolute Gasteiger partial charge is 0.157 e. The number of hydrogen-bond acceptors (Lipinski definition) is 0. The van der Waals surface area contributed by atoms with Gasteiger partial charge in [0.15, 0.2) is 7.28 Å². The zero-order chi connectivity index (χ0) is 28.3. The summed E-state index contributed by atoms with van der Waals surface area (Å²) in [5.74, 6) is 0.291. The molecule has 0 saturated heterocycles. The van der Waals surface area contributed by atoms with E-state index in [-0.39, 0.29) is 5.41 Å². The lowest BCUT2D eigenvalue weighted by atomic mass is 9.59. The molecule has 0 fully saturated rings. The average molecular weight is 540 g/mol. The van der Waals surface area contributed by atoms with Crippen LogP contribution in [0.1, 0.15) is 65.6 Å². The molecule has 203 valence electrons. The number of rotatable bonds is 0. The predicted octanol–water partition coefficient (Wildman–Crippen LogP) is 8.86. The van der Waals surface area contributed by atoms with Crippen LogP contribution in [0, 0.1) is 5.92 Å². The van der Waals surface area contributed by atoms with E-state index in [1.807, 2.05) is 0 Å². The van der Waals surface area contributed by atoms with Crippen molar-refractivity contribution in [3.63, 3.8) is 0 Å². The smallest absolute Gasteiger partial charge is 0.0839 e. The van der Waals surface area contributed by atoms with Crippen LogP contribution in [-0.4, -0.2) is 7.28 Å². The van der Waals surface area contributed by atoms with Gasteiger partial charge in [0.25, 0.3) is 0 Å². The molecule has 2 heterocycles. The Hall–Kier alpha value is -4.10. The summed E-state index contributed by atoms with van der Waals surface area (Å²) in [5, 5.41) is 0. The summed E-state index contributed by atoms with van der Waals surface area (Å²) < 4.78 is 0. The van der Waals surface area contributed by atoms with Gasteiger partial charge in [0.2, 0.25) is 0 Å². The summed E-state index contributed by atoms with van der Waals surface area (Å²) in [6.07, 6.45) is 26.9. The molecular weight excluding hydrogens is 503 g/mol. The van der Waals surface area contributed by atoms with Crippen LogP contribution >= 0.6 is 0 Å². The molecule has 4 bridgehead atoms. The molecule has 0 N–H and O–H groups in total. The number of benzene rings is 3. The molecule has 0 aromatic heterocycles. The van der Waals surface area contributed by atoms with Crippen LogP contribution < -0.4 is 5.46 Å². The third-order valence-electron chi connectivity index (χ3n) is 10.5. The van der Waals surface area contributed by atoms with Gasteiger partial charge in [-0.05, 0) is 107 Å². The van der Waals surface area contributed by atoms with Gasteiger partial charge in [-0.2, -0.15) is 0 Å². The number of aryl methyl sites for hydroxylation is 2. The van der Waals surface area contributed by atoms with Crippen molar-refractivity contribution < 1.29 is 0 Å². The second-order valence-corrected chi connectivity index (χ2v) is 12.5. The van der Waals surface area contributed by atoms with Crippen LogP contribution in [0.4, 0.5) is 0 Å². The maximum absolute atomic E-state index is 2.49. The van der Waals surface area contributed by atoms with Crippen molar-refractivity contribution in [2.75, 3.05) is 0 Å². The van der Waals surface area contributed by atoms with Gasteiger partial charge in [0.05, 0.1) is 0 Å². The van der Waals surface area contributed by atoms with Gasteiger partial charge in [-0.15, -0.1) is 0 Å². The molecule has 3 aromatic rings. The summed E-state index contributed by atoms with van der Waals surface area (Å²) >= 11 is 0. The summed E-state index contributed by atoms with van der Waals surface area (Å²) in [6.45, 7) is 4.78. The van der Waals surface area contributed by atoms with Gasteiger partial charge in [0.1, 0.15) is 0 Å². The molecule has 42 heavy (non-hydrogen) atoms. The van der Waals surface area contributed by atoms with Crippen molar-refractivity contribution >= 4 is 29.5 Å². The molecule has 0 amide bonds. The Bertz CT molecular complexity index is 1850. The first-order chi connectivity index (χ1) is 20.7. The first-order valence-corrected chi connectivity index (χ1v) is 15.7. The zero-order valence-corrected chi connectivity index (χ0v) is 24.7. The van der Waals surface area contributed by atoms with E-state index in [0.29, 0.717) is 5.92 Å². The normalized spacial score (nSPS) is 27.6. The minimum Gasteiger partial charge on any atom is -0.0839 e. The molecule has 1 spiro atoms. The summed E-state index contributed by atoms with van der Waals surface area (Å²) in [5.41, 5.74) is 18.3. The van der Waals surface area contributed by atoms with Gasteiger partial charge >= 0.3 is 0 Å². The number of hydrogen-bond donors (Lipinski definition) is 0. The molecule has 1 radical (unpaired) electrons. The SMILES string of the molecule is CC1=C\C=C/C2=C/C(=C\C=C/C(C)C13C1=C(CCC=C1)c1ccccc13)c1cccc3c1C[B]c1c(cccc12)CC3. The fourth-order valence-electron chi connectivity index (χ4n) is 8.50. The first-order valence-electron chi connectivity index (χ1n) is 15.7. The van der Waals surface area contributed by atoms with E-state index in [4.69, 9.17) is 0 Å². The minimum atomic E-state index is -0.179. The van der Waals surface area contributed by atoms with E-state index in [2.05, 4.69) is 136 Å². The first kappa shape index (κ1) is 25.6. The summed E-state index contributed by atoms with van der Waals surface area (Å²) in [4.78, 5) is 0. The third kappa shape index (κ3) is 3.76. The van der Waals surface area contributed by atoms with Crippen molar-refractivity contribution in [2.24, 2.45) is 5.92 Å².